The molecule has 112 valence electrons. The van der Waals surface area contributed by atoms with Crippen LogP contribution in [0.3, 0.4) is 0 Å². The van der Waals surface area contributed by atoms with Crippen molar-refractivity contribution in [3.8, 4) is 6.07 Å². The first-order chi connectivity index (χ1) is 9.26. The van der Waals surface area contributed by atoms with E-state index in [1.165, 1.54) is 0 Å². The number of alkyl carbamates (subject to hydrolysis) is 1. The second-order valence-electron chi connectivity index (χ2n) is 6.16. The number of amides is 2. The molecule has 1 aliphatic carbocycles. The Labute approximate surface area is 119 Å². The van der Waals surface area contributed by atoms with Crippen LogP contribution in [0.1, 0.15) is 52.9 Å². The molecule has 0 saturated heterocycles. The molecule has 1 aliphatic rings. The summed E-state index contributed by atoms with van der Waals surface area (Å²) in [6.45, 7) is 5.07. The van der Waals surface area contributed by atoms with Crippen molar-refractivity contribution in [1.82, 2.24) is 10.6 Å². The summed E-state index contributed by atoms with van der Waals surface area (Å²) in [6, 6.07) is 2.20. The van der Waals surface area contributed by atoms with Crippen LogP contribution in [-0.2, 0) is 9.53 Å². The number of nitriles is 1. The number of rotatable bonds is 3. The van der Waals surface area contributed by atoms with E-state index >= 15 is 0 Å². The zero-order valence-corrected chi connectivity index (χ0v) is 12.4. The maximum atomic E-state index is 11.8. The molecule has 1 rings (SSSR count). The van der Waals surface area contributed by atoms with Gasteiger partial charge in [0.05, 0.1) is 6.07 Å². The summed E-state index contributed by atoms with van der Waals surface area (Å²) >= 11 is 0. The SMILES string of the molecule is CC(C)(C)OC(=O)NCC(=O)NC1(C#N)CCCCC1. The van der Waals surface area contributed by atoms with Crippen molar-refractivity contribution in [1.29, 1.82) is 5.26 Å². The van der Waals surface area contributed by atoms with Crippen LogP contribution in [-0.4, -0.2) is 29.7 Å². The number of hydrogen-bond donors (Lipinski definition) is 2. The van der Waals surface area contributed by atoms with Crippen molar-refractivity contribution in [2.75, 3.05) is 6.54 Å². The lowest BCUT2D eigenvalue weighted by Crippen LogP contribution is -2.51. The van der Waals surface area contributed by atoms with E-state index in [4.69, 9.17) is 4.74 Å². The standard InChI is InChI=1S/C14H23N3O3/c1-13(2,3)20-12(19)16-9-11(18)17-14(10-15)7-5-4-6-8-14/h4-9H2,1-3H3,(H,16,19)(H,17,18). The van der Waals surface area contributed by atoms with Gasteiger partial charge in [-0.15, -0.1) is 0 Å². The summed E-state index contributed by atoms with van der Waals surface area (Å²) < 4.78 is 5.03. The second-order valence-corrected chi connectivity index (χ2v) is 6.16. The molecule has 0 aliphatic heterocycles. The first kappa shape index (κ1) is 16.3. The molecule has 2 amide bonds. The minimum Gasteiger partial charge on any atom is -0.444 e. The molecule has 0 aromatic heterocycles. The topological polar surface area (TPSA) is 91.2 Å². The summed E-state index contributed by atoms with van der Waals surface area (Å²) in [4.78, 5) is 23.2. The van der Waals surface area contributed by atoms with Crippen LogP contribution in [0, 0.1) is 11.3 Å². The maximum Gasteiger partial charge on any atom is 0.408 e. The molecule has 6 heteroatoms. The van der Waals surface area contributed by atoms with Crippen LogP contribution >= 0.6 is 0 Å². The Bertz CT molecular complexity index is 401. The summed E-state index contributed by atoms with van der Waals surface area (Å²) in [5, 5.41) is 14.4. The van der Waals surface area contributed by atoms with Crippen LogP contribution in [0.2, 0.25) is 0 Å². The molecule has 0 atom stereocenters. The highest BCUT2D eigenvalue weighted by molar-refractivity contribution is 5.83. The first-order valence-corrected chi connectivity index (χ1v) is 6.95. The van der Waals surface area contributed by atoms with E-state index in [1.54, 1.807) is 20.8 Å². The smallest absolute Gasteiger partial charge is 0.408 e. The fourth-order valence-electron chi connectivity index (χ4n) is 2.20. The molecule has 6 nitrogen and oxygen atoms in total. The molecule has 0 unspecified atom stereocenters. The highest BCUT2D eigenvalue weighted by atomic mass is 16.6. The van der Waals surface area contributed by atoms with Crippen LogP contribution < -0.4 is 10.6 Å². The van der Waals surface area contributed by atoms with Crippen molar-refractivity contribution in [3.05, 3.63) is 0 Å². The third-order valence-electron chi connectivity index (χ3n) is 3.09. The molecule has 2 N–H and O–H groups in total. The highest BCUT2D eigenvalue weighted by Crippen LogP contribution is 2.27. The number of nitrogens with zero attached hydrogens (tertiary/aromatic N) is 1. The van der Waals surface area contributed by atoms with Gasteiger partial charge < -0.3 is 15.4 Å². The number of ether oxygens (including phenoxy) is 1. The Morgan fingerprint density at radius 1 is 1.25 bits per heavy atom. The largest absolute Gasteiger partial charge is 0.444 e. The van der Waals surface area contributed by atoms with Gasteiger partial charge in [0, 0.05) is 0 Å². The summed E-state index contributed by atoms with van der Waals surface area (Å²) in [5.41, 5.74) is -1.37. The molecule has 0 aromatic rings. The molecule has 0 heterocycles. The molecule has 0 spiro atoms. The predicted octanol–water partition coefficient (Wildman–Crippen LogP) is 1.85. The van der Waals surface area contributed by atoms with Crippen molar-refractivity contribution in [2.45, 2.75) is 64.0 Å². The Kier molecular flexibility index (Phi) is 5.37. The summed E-state index contributed by atoms with van der Waals surface area (Å²) in [6.07, 6.45) is 3.67. The van der Waals surface area contributed by atoms with E-state index in [0.29, 0.717) is 12.8 Å². The van der Waals surface area contributed by atoms with Gasteiger partial charge in [-0.3, -0.25) is 4.79 Å². The van der Waals surface area contributed by atoms with Gasteiger partial charge in [-0.1, -0.05) is 19.3 Å². The van der Waals surface area contributed by atoms with Gasteiger partial charge in [0.25, 0.3) is 0 Å². The van der Waals surface area contributed by atoms with Gasteiger partial charge >= 0.3 is 6.09 Å². The summed E-state index contributed by atoms with van der Waals surface area (Å²) in [5.74, 6) is -0.362. The van der Waals surface area contributed by atoms with E-state index in [0.717, 1.165) is 19.3 Å². The molecule has 1 saturated carbocycles. The Morgan fingerprint density at radius 2 is 1.85 bits per heavy atom. The minimum atomic E-state index is -0.773. The second kappa shape index (κ2) is 6.60. The van der Waals surface area contributed by atoms with Gasteiger partial charge in [-0.05, 0) is 33.6 Å². The van der Waals surface area contributed by atoms with Crippen molar-refractivity contribution in [3.63, 3.8) is 0 Å². The van der Waals surface area contributed by atoms with Gasteiger partial charge in [0.1, 0.15) is 17.7 Å². The number of nitrogens with one attached hydrogen (secondary N) is 2. The van der Waals surface area contributed by atoms with Crippen molar-refractivity contribution < 1.29 is 14.3 Å². The zero-order chi connectivity index (χ0) is 15.2. The normalized spacial score (nSPS) is 17.7. The molecule has 0 aromatic carbocycles. The van der Waals surface area contributed by atoms with E-state index in [2.05, 4.69) is 16.7 Å². The average Bonchev–Trinajstić information content (AvgIpc) is 2.35. The zero-order valence-electron chi connectivity index (χ0n) is 12.4. The average molecular weight is 281 g/mol. The molecular formula is C14H23N3O3. The van der Waals surface area contributed by atoms with E-state index in [1.807, 2.05) is 0 Å². The third-order valence-corrected chi connectivity index (χ3v) is 3.09. The fourth-order valence-corrected chi connectivity index (χ4v) is 2.20. The fraction of sp³-hybridized carbons (Fsp3) is 0.786. The van der Waals surface area contributed by atoms with Gasteiger partial charge in [-0.25, -0.2) is 4.79 Å². The van der Waals surface area contributed by atoms with Crippen LogP contribution in [0.15, 0.2) is 0 Å². The van der Waals surface area contributed by atoms with Gasteiger partial charge in [0.15, 0.2) is 0 Å². The number of carbonyl (C=O) groups excluding carboxylic acids is 2. The monoisotopic (exact) mass is 281 g/mol. The van der Waals surface area contributed by atoms with Crippen LogP contribution in [0.25, 0.3) is 0 Å². The number of carbonyl (C=O) groups is 2. The molecule has 0 bridgehead atoms. The van der Waals surface area contributed by atoms with E-state index < -0.39 is 17.2 Å². The molecule has 1 fully saturated rings. The molecule has 0 radical (unpaired) electrons. The molecule has 20 heavy (non-hydrogen) atoms. The van der Waals surface area contributed by atoms with Crippen molar-refractivity contribution >= 4 is 12.0 Å². The quantitative estimate of drug-likeness (QED) is 0.826. The van der Waals surface area contributed by atoms with E-state index in [-0.39, 0.29) is 12.5 Å². The Morgan fingerprint density at radius 3 is 2.35 bits per heavy atom. The number of hydrogen-bond acceptors (Lipinski definition) is 4. The van der Waals surface area contributed by atoms with Crippen LogP contribution in [0.4, 0.5) is 4.79 Å². The van der Waals surface area contributed by atoms with Crippen LogP contribution in [0.5, 0.6) is 0 Å². The lowest BCUT2D eigenvalue weighted by atomic mass is 9.83. The lowest BCUT2D eigenvalue weighted by molar-refractivity contribution is -0.121. The summed E-state index contributed by atoms with van der Waals surface area (Å²) in [7, 11) is 0. The lowest BCUT2D eigenvalue weighted by Gasteiger charge is -2.31. The van der Waals surface area contributed by atoms with Gasteiger partial charge in [-0.2, -0.15) is 5.26 Å². The predicted molar refractivity (Wildman–Crippen MR) is 73.8 cm³/mol. The minimum absolute atomic E-state index is 0.182. The Hall–Kier alpha value is -1.77. The maximum absolute atomic E-state index is 11.8. The highest BCUT2D eigenvalue weighted by Gasteiger charge is 2.33. The van der Waals surface area contributed by atoms with Crippen molar-refractivity contribution in [2.24, 2.45) is 0 Å². The first-order valence-electron chi connectivity index (χ1n) is 6.95. The van der Waals surface area contributed by atoms with Gasteiger partial charge in [0.2, 0.25) is 5.91 Å². The third kappa shape index (κ3) is 5.47. The molecular weight excluding hydrogens is 258 g/mol. The van der Waals surface area contributed by atoms with E-state index in [9.17, 15) is 14.9 Å². The Balaban J connectivity index is 2.40.